The molecule has 4 heteroatoms. The summed E-state index contributed by atoms with van der Waals surface area (Å²) in [5, 5.41) is 2.86. The highest BCUT2D eigenvalue weighted by Crippen LogP contribution is 2.59. The van der Waals surface area contributed by atoms with Crippen molar-refractivity contribution >= 4 is 6.09 Å². The van der Waals surface area contributed by atoms with E-state index in [4.69, 9.17) is 10.5 Å². The van der Waals surface area contributed by atoms with E-state index < -0.39 is 5.60 Å². The van der Waals surface area contributed by atoms with Crippen molar-refractivity contribution in [2.45, 2.75) is 57.6 Å². The summed E-state index contributed by atoms with van der Waals surface area (Å²) in [6.07, 6.45) is 4.02. The minimum atomic E-state index is -0.422. The minimum absolute atomic E-state index is 0.0790. The van der Waals surface area contributed by atoms with Crippen LogP contribution in [-0.2, 0) is 4.74 Å². The maximum atomic E-state index is 11.5. The second-order valence-corrected chi connectivity index (χ2v) is 6.57. The Labute approximate surface area is 96.9 Å². The van der Waals surface area contributed by atoms with Crippen LogP contribution in [0.3, 0.4) is 0 Å². The van der Waals surface area contributed by atoms with Crippen LogP contribution in [-0.4, -0.2) is 23.8 Å². The first-order chi connectivity index (χ1) is 7.22. The Morgan fingerprint density at radius 1 is 1.38 bits per heavy atom. The largest absolute Gasteiger partial charge is 0.444 e. The maximum Gasteiger partial charge on any atom is 0.407 e. The van der Waals surface area contributed by atoms with Gasteiger partial charge in [-0.2, -0.15) is 0 Å². The zero-order valence-electron chi connectivity index (χ0n) is 10.4. The summed E-state index contributed by atoms with van der Waals surface area (Å²) < 4.78 is 5.20. The molecular formula is C12H22N2O2. The lowest BCUT2D eigenvalue weighted by atomic mass is 9.65. The molecule has 0 heterocycles. The molecule has 92 valence electrons. The first kappa shape index (κ1) is 11.7. The predicted molar refractivity (Wildman–Crippen MR) is 62.1 cm³/mol. The van der Waals surface area contributed by atoms with Crippen molar-refractivity contribution in [3.63, 3.8) is 0 Å². The molecule has 0 aromatic heterocycles. The standard InChI is InChI=1S/C12H22N2O2/c1-10(2,3)16-9(15)14-8-11-4-5-12(13,6-11)7-11/h4-8,13H2,1-3H3,(H,14,15). The number of alkyl carbamates (subject to hydrolysis) is 1. The number of nitrogens with two attached hydrogens (primary N) is 1. The Morgan fingerprint density at radius 3 is 2.44 bits per heavy atom. The van der Waals surface area contributed by atoms with Crippen LogP contribution in [0.15, 0.2) is 0 Å². The van der Waals surface area contributed by atoms with Gasteiger partial charge in [-0.3, -0.25) is 0 Å². The minimum Gasteiger partial charge on any atom is -0.444 e. The molecule has 0 aromatic rings. The summed E-state index contributed by atoms with van der Waals surface area (Å²) >= 11 is 0. The van der Waals surface area contributed by atoms with Crippen molar-refractivity contribution in [1.29, 1.82) is 0 Å². The van der Waals surface area contributed by atoms with E-state index in [1.165, 1.54) is 0 Å². The molecule has 3 fully saturated rings. The number of carbonyl (C=O) groups excluding carboxylic acids is 1. The van der Waals surface area contributed by atoms with Crippen LogP contribution < -0.4 is 11.1 Å². The van der Waals surface area contributed by atoms with Gasteiger partial charge in [0.2, 0.25) is 0 Å². The summed E-state index contributed by atoms with van der Waals surface area (Å²) in [4.78, 5) is 11.5. The molecule has 0 spiro atoms. The van der Waals surface area contributed by atoms with Crippen molar-refractivity contribution in [2.24, 2.45) is 11.1 Å². The normalized spacial score (nSPS) is 36.8. The summed E-state index contributed by atoms with van der Waals surface area (Å²) in [7, 11) is 0. The molecule has 3 saturated carbocycles. The van der Waals surface area contributed by atoms with Crippen LogP contribution in [0.5, 0.6) is 0 Å². The number of carbonyl (C=O) groups is 1. The van der Waals surface area contributed by atoms with Gasteiger partial charge in [0.05, 0.1) is 0 Å². The highest BCUT2D eigenvalue weighted by molar-refractivity contribution is 5.67. The van der Waals surface area contributed by atoms with E-state index in [1.54, 1.807) is 0 Å². The molecule has 3 aliphatic rings. The SMILES string of the molecule is CC(C)(C)OC(=O)NCC12CCC(N)(C1)C2. The molecule has 1 amide bonds. The number of ether oxygens (including phenoxy) is 1. The van der Waals surface area contributed by atoms with Gasteiger partial charge in [0.15, 0.2) is 0 Å². The van der Waals surface area contributed by atoms with E-state index in [0.717, 1.165) is 25.7 Å². The molecule has 0 saturated heterocycles. The van der Waals surface area contributed by atoms with Crippen LogP contribution in [0.4, 0.5) is 4.79 Å². The average Bonchev–Trinajstić information content (AvgIpc) is 2.51. The smallest absolute Gasteiger partial charge is 0.407 e. The molecule has 0 atom stereocenters. The van der Waals surface area contributed by atoms with Gasteiger partial charge >= 0.3 is 6.09 Å². The second kappa shape index (κ2) is 3.36. The molecule has 3 rings (SSSR count). The lowest BCUT2D eigenvalue weighted by Gasteiger charge is -2.45. The van der Waals surface area contributed by atoms with Crippen molar-refractivity contribution in [3.05, 3.63) is 0 Å². The number of fused-ring (bicyclic) bond motifs is 1. The summed E-state index contributed by atoms with van der Waals surface area (Å²) in [5.74, 6) is 0. The van der Waals surface area contributed by atoms with Gasteiger partial charge in [-0.05, 0) is 51.9 Å². The molecule has 0 aromatic carbocycles. The van der Waals surface area contributed by atoms with Crippen molar-refractivity contribution < 1.29 is 9.53 Å². The second-order valence-electron chi connectivity index (χ2n) is 6.57. The van der Waals surface area contributed by atoms with Crippen LogP contribution in [0.25, 0.3) is 0 Å². The number of rotatable bonds is 2. The first-order valence-corrected chi connectivity index (χ1v) is 5.98. The van der Waals surface area contributed by atoms with Gasteiger partial charge < -0.3 is 15.8 Å². The molecule has 3 N–H and O–H groups in total. The fraction of sp³-hybridized carbons (Fsp3) is 0.917. The van der Waals surface area contributed by atoms with Crippen molar-refractivity contribution in [1.82, 2.24) is 5.32 Å². The van der Waals surface area contributed by atoms with E-state index in [9.17, 15) is 4.79 Å². The molecule has 0 unspecified atom stereocenters. The van der Waals surface area contributed by atoms with E-state index >= 15 is 0 Å². The van der Waals surface area contributed by atoms with Crippen LogP contribution in [0.1, 0.15) is 46.5 Å². The molecule has 4 nitrogen and oxygen atoms in total. The lowest BCUT2D eigenvalue weighted by Crippen LogP contribution is -2.54. The molecule has 2 bridgehead atoms. The van der Waals surface area contributed by atoms with Gasteiger partial charge in [0.25, 0.3) is 0 Å². The molecule has 16 heavy (non-hydrogen) atoms. The molecule has 0 radical (unpaired) electrons. The van der Waals surface area contributed by atoms with E-state index in [2.05, 4.69) is 5.32 Å². The third-order valence-corrected chi connectivity index (χ3v) is 3.61. The molecule has 0 aliphatic heterocycles. The van der Waals surface area contributed by atoms with Gasteiger partial charge in [-0.25, -0.2) is 4.79 Å². The summed E-state index contributed by atoms with van der Waals surface area (Å²) in [6.45, 7) is 6.32. The zero-order chi connectivity index (χ0) is 12.0. The Bertz CT molecular complexity index is 301. The first-order valence-electron chi connectivity index (χ1n) is 5.98. The highest BCUT2D eigenvalue weighted by Gasteiger charge is 2.58. The number of hydrogen-bond donors (Lipinski definition) is 2. The summed E-state index contributed by atoms with van der Waals surface area (Å²) in [5.41, 5.74) is 6.02. The average molecular weight is 226 g/mol. The topological polar surface area (TPSA) is 64.3 Å². The third kappa shape index (κ3) is 2.32. The van der Waals surface area contributed by atoms with Crippen LogP contribution >= 0.6 is 0 Å². The fourth-order valence-corrected chi connectivity index (χ4v) is 3.10. The number of amides is 1. The van der Waals surface area contributed by atoms with Crippen molar-refractivity contribution in [2.75, 3.05) is 6.54 Å². The van der Waals surface area contributed by atoms with Gasteiger partial charge in [0, 0.05) is 12.1 Å². The highest BCUT2D eigenvalue weighted by atomic mass is 16.6. The van der Waals surface area contributed by atoms with Crippen LogP contribution in [0, 0.1) is 5.41 Å². The monoisotopic (exact) mass is 226 g/mol. The number of hydrogen-bond acceptors (Lipinski definition) is 3. The molecular weight excluding hydrogens is 204 g/mol. The van der Waals surface area contributed by atoms with Crippen molar-refractivity contribution in [3.8, 4) is 0 Å². The van der Waals surface area contributed by atoms with E-state index in [1.807, 2.05) is 20.8 Å². The third-order valence-electron chi connectivity index (χ3n) is 3.61. The van der Waals surface area contributed by atoms with E-state index in [0.29, 0.717) is 6.54 Å². The lowest BCUT2D eigenvalue weighted by molar-refractivity contribution is 0.0444. The quantitative estimate of drug-likeness (QED) is 0.754. The predicted octanol–water partition coefficient (Wildman–Crippen LogP) is 1.78. The van der Waals surface area contributed by atoms with Gasteiger partial charge in [-0.1, -0.05) is 0 Å². The Kier molecular flexibility index (Phi) is 2.46. The number of nitrogens with one attached hydrogen (secondary N) is 1. The fourth-order valence-electron chi connectivity index (χ4n) is 3.10. The Balaban J connectivity index is 1.75. The summed E-state index contributed by atoms with van der Waals surface area (Å²) in [6, 6.07) is 0. The maximum absolute atomic E-state index is 11.5. The molecule has 3 aliphatic carbocycles. The van der Waals surface area contributed by atoms with Crippen LogP contribution in [0.2, 0.25) is 0 Å². The van der Waals surface area contributed by atoms with Gasteiger partial charge in [0.1, 0.15) is 5.60 Å². The zero-order valence-corrected chi connectivity index (χ0v) is 10.4. The van der Waals surface area contributed by atoms with Gasteiger partial charge in [-0.15, -0.1) is 0 Å². The Hall–Kier alpha value is -0.770. The Morgan fingerprint density at radius 2 is 2.00 bits per heavy atom. The van der Waals surface area contributed by atoms with E-state index in [-0.39, 0.29) is 17.0 Å².